The minimum absolute atomic E-state index is 0.179. The van der Waals surface area contributed by atoms with Gasteiger partial charge in [0.2, 0.25) is 5.82 Å². The summed E-state index contributed by atoms with van der Waals surface area (Å²) in [6.07, 6.45) is 2.51. The second-order valence-corrected chi connectivity index (χ2v) is 7.53. The Morgan fingerprint density at radius 1 is 1.17 bits per heavy atom. The lowest BCUT2D eigenvalue weighted by molar-refractivity contribution is 0.101. The molecule has 7 nitrogen and oxygen atoms in total. The average Bonchev–Trinajstić information content (AvgIpc) is 3.20. The van der Waals surface area contributed by atoms with Crippen LogP contribution in [0.5, 0.6) is 5.75 Å². The number of methoxy groups -OCH3 is 1. The highest BCUT2D eigenvalue weighted by Gasteiger charge is 2.12. The molecule has 3 rings (SSSR count). The highest BCUT2D eigenvalue weighted by atomic mass is 16.5. The molecule has 3 aromatic rings. The van der Waals surface area contributed by atoms with Crippen LogP contribution in [0.4, 0.5) is 5.69 Å². The fourth-order valence-corrected chi connectivity index (χ4v) is 3.18. The van der Waals surface area contributed by atoms with Crippen LogP contribution in [0, 0.1) is 13.8 Å². The van der Waals surface area contributed by atoms with Crippen molar-refractivity contribution < 1.29 is 9.53 Å². The van der Waals surface area contributed by atoms with Crippen molar-refractivity contribution in [3.63, 3.8) is 0 Å². The highest BCUT2D eigenvalue weighted by molar-refractivity contribution is 6.01. The van der Waals surface area contributed by atoms with Crippen molar-refractivity contribution in [3.8, 4) is 5.75 Å². The van der Waals surface area contributed by atoms with Gasteiger partial charge < -0.3 is 15.0 Å². The summed E-state index contributed by atoms with van der Waals surface area (Å²) in [5.74, 6) is 0.750. The molecule has 0 bridgehead atoms. The quantitative estimate of drug-likeness (QED) is 0.586. The van der Waals surface area contributed by atoms with Gasteiger partial charge in [0.15, 0.2) is 0 Å². The predicted molar refractivity (Wildman–Crippen MR) is 118 cm³/mol. The van der Waals surface area contributed by atoms with Gasteiger partial charge >= 0.3 is 0 Å². The number of amides is 1. The molecule has 0 unspecified atom stereocenters. The molecular formula is C23H29N5O2. The van der Waals surface area contributed by atoms with Gasteiger partial charge in [-0.25, -0.2) is 4.98 Å². The zero-order valence-corrected chi connectivity index (χ0v) is 18.1. The normalized spacial score (nSPS) is 11.0. The Labute approximate surface area is 177 Å². The SMILES string of the molecule is COc1cccc(CN(C)CCCn2cnc(C(=O)Nc3ccc(C)c(C)c3)n2)c1. The number of hydrogen-bond acceptors (Lipinski definition) is 5. The van der Waals surface area contributed by atoms with Crippen molar-refractivity contribution in [1.82, 2.24) is 19.7 Å². The lowest BCUT2D eigenvalue weighted by Gasteiger charge is -2.17. The fraction of sp³-hybridized carbons (Fsp3) is 0.348. The van der Waals surface area contributed by atoms with Crippen LogP contribution in [0.3, 0.4) is 0 Å². The van der Waals surface area contributed by atoms with Crippen LogP contribution in [0.1, 0.15) is 33.7 Å². The number of hydrogen-bond donors (Lipinski definition) is 1. The lowest BCUT2D eigenvalue weighted by atomic mass is 10.1. The molecule has 0 fully saturated rings. The van der Waals surface area contributed by atoms with Gasteiger partial charge in [0, 0.05) is 18.8 Å². The molecule has 0 aliphatic carbocycles. The summed E-state index contributed by atoms with van der Waals surface area (Å²) < 4.78 is 6.99. The monoisotopic (exact) mass is 407 g/mol. The third-order valence-electron chi connectivity index (χ3n) is 5.02. The summed E-state index contributed by atoms with van der Waals surface area (Å²) in [7, 11) is 3.76. The van der Waals surface area contributed by atoms with Crippen molar-refractivity contribution in [2.75, 3.05) is 26.0 Å². The Bertz CT molecular complexity index is 999. The van der Waals surface area contributed by atoms with E-state index in [1.54, 1.807) is 18.1 Å². The van der Waals surface area contributed by atoms with Crippen molar-refractivity contribution in [2.24, 2.45) is 0 Å². The molecule has 1 amide bonds. The molecule has 0 saturated carbocycles. The van der Waals surface area contributed by atoms with E-state index in [0.717, 1.165) is 36.5 Å². The van der Waals surface area contributed by atoms with E-state index in [1.807, 2.05) is 50.2 Å². The fourth-order valence-electron chi connectivity index (χ4n) is 3.18. The second kappa shape index (κ2) is 10.0. The van der Waals surface area contributed by atoms with Gasteiger partial charge in [0.25, 0.3) is 5.91 Å². The molecule has 158 valence electrons. The zero-order chi connectivity index (χ0) is 21.5. The molecule has 1 heterocycles. The van der Waals surface area contributed by atoms with E-state index in [0.29, 0.717) is 6.54 Å². The van der Waals surface area contributed by atoms with Gasteiger partial charge in [0.1, 0.15) is 12.1 Å². The number of ether oxygens (including phenoxy) is 1. The van der Waals surface area contributed by atoms with Crippen LogP contribution in [-0.2, 0) is 13.1 Å². The van der Waals surface area contributed by atoms with Gasteiger partial charge in [-0.3, -0.25) is 9.48 Å². The predicted octanol–water partition coefficient (Wildman–Crippen LogP) is 3.68. The number of carbonyl (C=O) groups is 1. The number of carbonyl (C=O) groups excluding carboxylic acids is 1. The molecule has 0 spiro atoms. The summed E-state index contributed by atoms with van der Waals surface area (Å²) in [6.45, 7) is 6.51. The van der Waals surface area contributed by atoms with E-state index in [4.69, 9.17) is 4.74 Å². The molecule has 0 atom stereocenters. The second-order valence-electron chi connectivity index (χ2n) is 7.53. The highest BCUT2D eigenvalue weighted by Crippen LogP contribution is 2.15. The van der Waals surface area contributed by atoms with Crippen LogP contribution in [0.25, 0.3) is 0 Å². The standard InChI is InChI=1S/C23H29N5O2/c1-17-9-10-20(13-18(17)2)25-23(29)22-24-16-28(26-22)12-6-11-27(3)15-19-7-5-8-21(14-19)30-4/h5,7-10,13-14,16H,6,11-12,15H2,1-4H3,(H,25,29). The van der Waals surface area contributed by atoms with E-state index >= 15 is 0 Å². The molecule has 0 radical (unpaired) electrons. The van der Waals surface area contributed by atoms with Crippen molar-refractivity contribution in [1.29, 1.82) is 0 Å². The minimum atomic E-state index is -0.299. The first-order valence-corrected chi connectivity index (χ1v) is 10.0. The molecule has 1 aromatic heterocycles. The van der Waals surface area contributed by atoms with Crippen LogP contribution in [0.15, 0.2) is 48.8 Å². The number of aromatic nitrogens is 3. The smallest absolute Gasteiger partial charge is 0.295 e. The molecule has 2 aromatic carbocycles. The Kier molecular flexibility index (Phi) is 7.19. The van der Waals surface area contributed by atoms with Crippen molar-refractivity contribution >= 4 is 11.6 Å². The maximum atomic E-state index is 12.4. The number of nitrogens with one attached hydrogen (secondary N) is 1. The summed E-state index contributed by atoms with van der Waals surface area (Å²) in [6, 6.07) is 13.9. The minimum Gasteiger partial charge on any atom is -0.497 e. The van der Waals surface area contributed by atoms with Crippen molar-refractivity contribution in [2.45, 2.75) is 33.4 Å². The van der Waals surface area contributed by atoms with Gasteiger partial charge in [-0.1, -0.05) is 18.2 Å². The van der Waals surface area contributed by atoms with Gasteiger partial charge in [-0.05, 0) is 74.8 Å². The Hall–Kier alpha value is -3.19. The number of rotatable bonds is 9. The van der Waals surface area contributed by atoms with Crippen LogP contribution in [-0.4, -0.2) is 46.3 Å². The molecule has 0 aliphatic rings. The first kappa shape index (κ1) is 21.5. The van der Waals surface area contributed by atoms with E-state index < -0.39 is 0 Å². The average molecular weight is 408 g/mol. The van der Waals surface area contributed by atoms with E-state index in [1.165, 1.54) is 11.1 Å². The summed E-state index contributed by atoms with van der Waals surface area (Å²) in [5, 5.41) is 7.16. The first-order chi connectivity index (χ1) is 14.4. The number of aryl methyl sites for hydroxylation is 3. The van der Waals surface area contributed by atoms with Crippen LogP contribution >= 0.6 is 0 Å². The largest absolute Gasteiger partial charge is 0.497 e. The molecular weight excluding hydrogens is 378 g/mol. The number of benzene rings is 2. The van der Waals surface area contributed by atoms with E-state index in [-0.39, 0.29) is 11.7 Å². The summed E-state index contributed by atoms with van der Waals surface area (Å²) in [4.78, 5) is 18.8. The maximum Gasteiger partial charge on any atom is 0.295 e. The topological polar surface area (TPSA) is 72.3 Å². The van der Waals surface area contributed by atoms with Gasteiger partial charge in [-0.15, -0.1) is 5.10 Å². The molecule has 1 N–H and O–H groups in total. The van der Waals surface area contributed by atoms with Gasteiger partial charge in [-0.2, -0.15) is 0 Å². The Morgan fingerprint density at radius 3 is 2.77 bits per heavy atom. The summed E-state index contributed by atoms with van der Waals surface area (Å²) in [5.41, 5.74) is 4.28. The number of anilines is 1. The molecule has 0 aliphatic heterocycles. The zero-order valence-electron chi connectivity index (χ0n) is 18.1. The first-order valence-electron chi connectivity index (χ1n) is 10.0. The van der Waals surface area contributed by atoms with Crippen molar-refractivity contribution in [3.05, 3.63) is 71.3 Å². The van der Waals surface area contributed by atoms with E-state index in [2.05, 4.69) is 33.4 Å². The Morgan fingerprint density at radius 2 is 2.00 bits per heavy atom. The van der Waals surface area contributed by atoms with Gasteiger partial charge in [0.05, 0.1) is 7.11 Å². The van der Waals surface area contributed by atoms with E-state index in [9.17, 15) is 4.79 Å². The van der Waals surface area contributed by atoms with Crippen LogP contribution < -0.4 is 10.1 Å². The third kappa shape index (κ3) is 5.90. The third-order valence-corrected chi connectivity index (χ3v) is 5.02. The van der Waals surface area contributed by atoms with Crippen LogP contribution in [0.2, 0.25) is 0 Å². The molecule has 30 heavy (non-hydrogen) atoms. The summed E-state index contributed by atoms with van der Waals surface area (Å²) >= 11 is 0. The lowest BCUT2D eigenvalue weighted by Crippen LogP contribution is -2.20. The maximum absolute atomic E-state index is 12.4. The molecule has 0 saturated heterocycles. The number of nitrogens with zero attached hydrogens (tertiary/aromatic N) is 4. The molecule has 7 heteroatoms. The Balaban J connectivity index is 1.46.